The molecule has 0 saturated heterocycles. The summed E-state index contributed by atoms with van der Waals surface area (Å²) >= 11 is 0. The highest BCUT2D eigenvalue weighted by molar-refractivity contribution is 7.92. The topological polar surface area (TPSA) is 104 Å². The van der Waals surface area contributed by atoms with Crippen LogP contribution in [0.5, 0.6) is 0 Å². The molecule has 0 atom stereocenters. The number of nitrogens with zero attached hydrogens (tertiary/aromatic N) is 1. The van der Waals surface area contributed by atoms with Crippen LogP contribution in [0.2, 0.25) is 0 Å². The molecular formula is C18H15F2N3O4S. The van der Waals surface area contributed by atoms with Crippen LogP contribution in [-0.4, -0.2) is 29.3 Å². The summed E-state index contributed by atoms with van der Waals surface area (Å²) in [6.45, 7) is 0. The molecule has 0 unspecified atom stereocenters. The maximum Gasteiger partial charge on any atom is 0.338 e. The van der Waals surface area contributed by atoms with E-state index in [9.17, 15) is 22.0 Å². The van der Waals surface area contributed by atoms with E-state index in [4.69, 9.17) is 5.11 Å². The molecule has 1 heterocycles. The van der Waals surface area contributed by atoms with E-state index in [1.807, 2.05) is 10.9 Å². The largest absolute Gasteiger partial charge is 0.478 e. The van der Waals surface area contributed by atoms with Gasteiger partial charge in [0.05, 0.1) is 27.5 Å². The fraction of sp³-hybridized carbons (Fsp3) is 0.167. The summed E-state index contributed by atoms with van der Waals surface area (Å²) in [5, 5.41) is 12.0. The third-order valence-corrected chi connectivity index (χ3v) is 5.87. The number of aromatic nitrogens is 2. The zero-order chi connectivity index (χ0) is 20.1. The quantitative estimate of drug-likeness (QED) is 0.582. The van der Waals surface area contributed by atoms with Gasteiger partial charge in [0.15, 0.2) is 0 Å². The SMILES string of the molecule is O=C(O)c1cc(F)c(NS(=O)(=O)c2ccc(-n3cc(C4CC4)[nH]3)cc2)cc1F. The van der Waals surface area contributed by atoms with E-state index < -0.39 is 38.9 Å². The minimum Gasteiger partial charge on any atom is -0.478 e. The maximum absolute atomic E-state index is 14.0. The van der Waals surface area contributed by atoms with E-state index in [1.54, 1.807) is 16.8 Å². The van der Waals surface area contributed by atoms with Gasteiger partial charge in [0.1, 0.15) is 11.6 Å². The van der Waals surface area contributed by atoms with Crippen LogP contribution in [0.15, 0.2) is 47.5 Å². The lowest BCUT2D eigenvalue weighted by Crippen LogP contribution is -2.15. The average molecular weight is 407 g/mol. The number of benzene rings is 2. The Hall–Kier alpha value is -3.14. The van der Waals surface area contributed by atoms with Gasteiger partial charge < -0.3 is 5.11 Å². The molecule has 2 aromatic carbocycles. The molecule has 0 radical (unpaired) electrons. The molecule has 146 valence electrons. The van der Waals surface area contributed by atoms with Crippen LogP contribution in [-0.2, 0) is 10.0 Å². The van der Waals surface area contributed by atoms with Gasteiger partial charge in [0.25, 0.3) is 10.0 Å². The second kappa shape index (κ2) is 6.48. The normalized spacial score (nSPS) is 14.2. The predicted molar refractivity (Wildman–Crippen MR) is 96.2 cm³/mol. The molecule has 1 aliphatic carbocycles. The summed E-state index contributed by atoms with van der Waals surface area (Å²) < 4.78 is 56.3. The smallest absolute Gasteiger partial charge is 0.338 e. The van der Waals surface area contributed by atoms with Crippen molar-refractivity contribution >= 4 is 21.7 Å². The summed E-state index contributed by atoms with van der Waals surface area (Å²) in [4.78, 5) is 10.7. The number of carbonyl (C=O) groups is 1. The summed E-state index contributed by atoms with van der Waals surface area (Å²) in [5.74, 6) is -3.51. The Bertz CT molecular complexity index is 1150. The summed E-state index contributed by atoms with van der Waals surface area (Å²) in [5.41, 5.74) is 0.325. The molecule has 1 aromatic heterocycles. The highest BCUT2D eigenvalue weighted by atomic mass is 32.2. The van der Waals surface area contributed by atoms with E-state index in [2.05, 4.69) is 5.10 Å². The van der Waals surface area contributed by atoms with Crippen LogP contribution in [0.1, 0.15) is 34.8 Å². The maximum atomic E-state index is 14.0. The number of halogens is 2. The summed E-state index contributed by atoms with van der Waals surface area (Å²) in [6, 6.07) is 6.75. The van der Waals surface area contributed by atoms with Gasteiger partial charge in [-0.05, 0) is 43.2 Å². The van der Waals surface area contributed by atoms with Crippen molar-refractivity contribution in [3.8, 4) is 5.69 Å². The molecule has 0 spiro atoms. The van der Waals surface area contributed by atoms with Crippen LogP contribution >= 0.6 is 0 Å². The lowest BCUT2D eigenvalue weighted by molar-refractivity contribution is 0.0691. The van der Waals surface area contributed by atoms with Crippen molar-refractivity contribution in [3.63, 3.8) is 0 Å². The molecule has 0 amide bonds. The lowest BCUT2D eigenvalue weighted by atomic mass is 10.2. The minimum absolute atomic E-state index is 0.148. The molecule has 1 aliphatic rings. The fourth-order valence-electron chi connectivity index (χ4n) is 2.78. The van der Waals surface area contributed by atoms with E-state index in [1.165, 1.54) is 25.0 Å². The monoisotopic (exact) mass is 407 g/mol. The molecule has 1 fully saturated rings. The van der Waals surface area contributed by atoms with Gasteiger partial charge in [-0.15, -0.1) is 0 Å². The van der Waals surface area contributed by atoms with Crippen LogP contribution in [0.3, 0.4) is 0 Å². The third kappa shape index (κ3) is 3.38. The molecule has 1 saturated carbocycles. The van der Waals surface area contributed by atoms with Gasteiger partial charge in [0.2, 0.25) is 0 Å². The predicted octanol–water partition coefficient (Wildman–Crippen LogP) is 3.46. The molecule has 3 N–H and O–H groups in total. The molecule has 0 aliphatic heterocycles. The standard InChI is InChI=1S/C18H15F2N3O4S/c19-14-8-16(15(20)7-13(14)18(24)25)22-28(26,27)12-5-3-11(4-6-12)23-9-17(21-23)10-1-2-10/h3-10,21-22H,1-2H2,(H,24,25). The first-order valence-corrected chi connectivity index (χ1v) is 9.86. The van der Waals surface area contributed by atoms with Crippen molar-refractivity contribution in [2.24, 2.45) is 0 Å². The zero-order valence-electron chi connectivity index (χ0n) is 14.3. The number of hydrogen-bond donors (Lipinski definition) is 3. The van der Waals surface area contributed by atoms with Crippen molar-refractivity contribution in [2.75, 3.05) is 4.72 Å². The fourth-order valence-corrected chi connectivity index (χ4v) is 3.84. The molecule has 3 aromatic rings. The number of anilines is 1. The number of hydrogen-bond acceptors (Lipinski definition) is 3. The average Bonchev–Trinajstić information content (AvgIpc) is 3.41. The number of carboxylic acid groups (broad SMARTS) is 1. The summed E-state index contributed by atoms with van der Waals surface area (Å²) in [6.07, 6.45) is 4.28. The Kier molecular flexibility index (Phi) is 4.22. The van der Waals surface area contributed by atoms with Crippen molar-refractivity contribution in [1.29, 1.82) is 0 Å². The van der Waals surface area contributed by atoms with E-state index in [0.717, 1.165) is 11.4 Å². The second-order valence-electron chi connectivity index (χ2n) is 6.56. The van der Waals surface area contributed by atoms with E-state index in [0.29, 0.717) is 18.1 Å². The van der Waals surface area contributed by atoms with Gasteiger partial charge in [0, 0.05) is 18.2 Å². The third-order valence-electron chi connectivity index (χ3n) is 4.49. The first-order chi connectivity index (χ1) is 13.2. The number of carboxylic acids is 1. The second-order valence-corrected chi connectivity index (χ2v) is 8.24. The van der Waals surface area contributed by atoms with E-state index in [-0.39, 0.29) is 4.90 Å². The van der Waals surface area contributed by atoms with Crippen LogP contribution < -0.4 is 4.72 Å². The lowest BCUT2D eigenvalue weighted by Gasteiger charge is -2.16. The van der Waals surface area contributed by atoms with Crippen molar-refractivity contribution in [1.82, 2.24) is 9.78 Å². The van der Waals surface area contributed by atoms with Crippen molar-refractivity contribution < 1.29 is 27.1 Å². The van der Waals surface area contributed by atoms with Crippen molar-refractivity contribution in [2.45, 2.75) is 23.7 Å². The molecule has 4 rings (SSSR count). The zero-order valence-corrected chi connectivity index (χ0v) is 15.1. The first-order valence-electron chi connectivity index (χ1n) is 8.37. The summed E-state index contributed by atoms with van der Waals surface area (Å²) in [7, 11) is -4.19. The number of nitrogens with one attached hydrogen (secondary N) is 2. The minimum atomic E-state index is -4.19. The Balaban J connectivity index is 1.55. The Morgan fingerprint density at radius 2 is 1.79 bits per heavy atom. The Morgan fingerprint density at radius 1 is 1.14 bits per heavy atom. The van der Waals surface area contributed by atoms with Gasteiger partial charge in [-0.3, -0.25) is 14.5 Å². The number of aromatic carboxylic acids is 1. The van der Waals surface area contributed by atoms with Gasteiger partial charge >= 0.3 is 5.97 Å². The van der Waals surface area contributed by atoms with Gasteiger partial charge in [-0.25, -0.2) is 22.0 Å². The Labute approximate surface area is 158 Å². The highest BCUT2D eigenvalue weighted by Gasteiger charge is 2.27. The number of H-pyrrole nitrogens is 1. The molecular weight excluding hydrogens is 392 g/mol. The highest BCUT2D eigenvalue weighted by Crippen LogP contribution is 2.39. The number of rotatable bonds is 6. The molecule has 7 nitrogen and oxygen atoms in total. The molecule has 0 bridgehead atoms. The van der Waals surface area contributed by atoms with Crippen LogP contribution in [0, 0.1) is 11.6 Å². The number of sulfonamides is 1. The van der Waals surface area contributed by atoms with E-state index >= 15 is 0 Å². The molecule has 28 heavy (non-hydrogen) atoms. The van der Waals surface area contributed by atoms with Crippen molar-refractivity contribution in [3.05, 3.63) is 65.5 Å². The van der Waals surface area contributed by atoms with Crippen LogP contribution in [0.4, 0.5) is 14.5 Å². The van der Waals surface area contributed by atoms with Gasteiger partial charge in [-0.2, -0.15) is 0 Å². The Morgan fingerprint density at radius 3 is 2.36 bits per heavy atom. The first kappa shape index (κ1) is 18.2. The van der Waals surface area contributed by atoms with Gasteiger partial charge in [-0.1, -0.05) is 0 Å². The molecule has 10 heteroatoms. The number of aromatic amines is 1. The van der Waals surface area contributed by atoms with Crippen LogP contribution in [0.25, 0.3) is 5.69 Å².